The fraction of sp³-hybridized carbons (Fsp3) is 0.167. The zero-order valence-electron chi connectivity index (χ0n) is 18.3. The number of aromatic nitrogens is 2. The molecule has 2 aromatic carbocycles. The van der Waals surface area contributed by atoms with Crippen molar-refractivity contribution in [2.24, 2.45) is 0 Å². The van der Waals surface area contributed by atoms with Gasteiger partial charge in [0.2, 0.25) is 11.9 Å². The van der Waals surface area contributed by atoms with Crippen molar-refractivity contribution in [1.29, 1.82) is 5.41 Å². The van der Waals surface area contributed by atoms with Crippen LogP contribution in [-0.2, 0) is 9.53 Å². The number of amides is 1. The molecule has 1 saturated heterocycles. The van der Waals surface area contributed by atoms with Crippen molar-refractivity contribution in [3.8, 4) is 11.3 Å². The molecule has 0 saturated carbocycles. The van der Waals surface area contributed by atoms with E-state index in [9.17, 15) is 9.18 Å². The summed E-state index contributed by atoms with van der Waals surface area (Å²) >= 11 is 0. The first kappa shape index (κ1) is 22.9. The van der Waals surface area contributed by atoms with E-state index < -0.39 is 11.7 Å². The summed E-state index contributed by atoms with van der Waals surface area (Å²) in [4.78, 5) is 22.6. The van der Waals surface area contributed by atoms with Crippen molar-refractivity contribution in [3.63, 3.8) is 0 Å². The fourth-order valence-corrected chi connectivity index (χ4v) is 3.60. The fourth-order valence-electron chi connectivity index (χ4n) is 3.60. The molecule has 9 nitrogen and oxygen atoms in total. The minimum Gasteiger partial charge on any atom is -0.383 e. The molecule has 10 heteroatoms. The van der Waals surface area contributed by atoms with Crippen LogP contribution in [0.1, 0.15) is 9.84 Å². The highest BCUT2D eigenvalue weighted by Gasteiger charge is 2.18. The second-order valence-corrected chi connectivity index (χ2v) is 7.50. The van der Waals surface area contributed by atoms with Gasteiger partial charge in [-0.1, -0.05) is 12.6 Å². The summed E-state index contributed by atoms with van der Waals surface area (Å²) in [6.07, 6.45) is 2.09. The van der Waals surface area contributed by atoms with E-state index in [2.05, 4.69) is 32.1 Å². The van der Waals surface area contributed by atoms with E-state index in [0.717, 1.165) is 36.8 Å². The summed E-state index contributed by atoms with van der Waals surface area (Å²) in [5.74, 6) is -0.850. The van der Waals surface area contributed by atoms with Gasteiger partial charge in [0, 0.05) is 46.2 Å². The molecule has 1 aromatic heterocycles. The van der Waals surface area contributed by atoms with Crippen LogP contribution in [0.4, 0.5) is 33.2 Å². The predicted molar refractivity (Wildman–Crippen MR) is 138 cm³/mol. The quantitative estimate of drug-likeness (QED) is 0.301. The molecule has 0 bridgehead atoms. The van der Waals surface area contributed by atoms with Crippen molar-refractivity contribution in [2.75, 3.05) is 47.6 Å². The van der Waals surface area contributed by atoms with Gasteiger partial charge in [0.05, 0.1) is 24.5 Å². The van der Waals surface area contributed by atoms with Gasteiger partial charge in [-0.2, -0.15) is 4.98 Å². The van der Waals surface area contributed by atoms with Gasteiger partial charge < -0.3 is 31.4 Å². The van der Waals surface area contributed by atoms with Gasteiger partial charge in [-0.05, 0) is 42.5 Å². The number of benzene rings is 2. The van der Waals surface area contributed by atoms with Gasteiger partial charge in [0.15, 0.2) is 0 Å². The van der Waals surface area contributed by atoms with E-state index in [0.29, 0.717) is 18.9 Å². The van der Waals surface area contributed by atoms with Crippen LogP contribution in [0.3, 0.4) is 0 Å². The van der Waals surface area contributed by atoms with Crippen LogP contribution in [0.5, 0.6) is 0 Å². The molecule has 0 unspecified atom stereocenters. The number of nitrogen functional groups attached to an aromatic ring is 1. The number of halogens is 1. The summed E-state index contributed by atoms with van der Waals surface area (Å²) in [6.45, 7) is 6.34. The number of rotatable bonds is 7. The van der Waals surface area contributed by atoms with Crippen LogP contribution >= 0.6 is 0 Å². The highest BCUT2D eigenvalue weighted by molar-refractivity contribution is 6.00. The topological polar surface area (TPSA) is 129 Å². The average Bonchev–Trinajstić information content (AvgIpc) is 2.85. The number of ether oxygens (including phenoxy) is 1. The number of nitrogens with one attached hydrogen (secondary N) is 3. The molecule has 5 N–H and O–H groups in total. The average molecular weight is 468 g/mol. The molecule has 1 fully saturated rings. The summed E-state index contributed by atoms with van der Waals surface area (Å²) in [5, 5.41) is 13.5. The Morgan fingerprint density at radius 3 is 2.74 bits per heavy atom. The number of carbonyl (C=O) groups excluding carboxylic acids is 1. The van der Waals surface area contributed by atoms with Crippen molar-refractivity contribution in [3.05, 3.63) is 66.5 Å². The minimum atomic E-state index is -0.585. The Morgan fingerprint density at radius 2 is 2.00 bits per heavy atom. The lowest BCUT2D eigenvalue weighted by molar-refractivity contribution is -0.111. The Kier molecular flexibility index (Phi) is 6.79. The third-order valence-corrected chi connectivity index (χ3v) is 5.27. The molecular weight excluding hydrogens is 437 g/mol. The van der Waals surface area contributed by atoms with E-state index >= 15 is 0 Å². The molecule has 4 rings (SSSR count). The van der Waals surface area contributed by atoms with Gasteiger partial charge in [0.1, 0.15) is 11.6 Å². The number of anilines is 5. The molecule has 0 atom stereocenters. The standard InChI is InChI=1S/C24H24FN7O2.3H2/c1-2-21(33)28-16-6-7-20(25)18(13-16)22-19(14-26)23(27)31-24(30-22)29-15-4-3-5-17(12-15)32-8-10-34-11-9-32;;;/h2-7,12-14,26H,1,8-11H2,(H,28,33)(H3,27,29,30,31);3*1H. The minimum absolute atomic E-state index is 0. The lowest BCUT2D eigenvalue weighted by atomic mass is 10.1. The third kappa shape index (κ3) is 5.02. The van der Waals surface area contributed by atoms with Gasteiger partial charge in [-0.3, -0.25) is 4.79 Å². The second kappa shape index (κ2) is 10.1. The predicted octanol–water partition coefficient (Wildman–Crippen LogP) is 4.31. The Balaban J connectivity index is 0.00000228. The van der Waals surface area contributed by atoms with Crippen LogP contribution in [-0.4, -0.2) is 48.4 Å². The molecule has 0 aliphatic carbocycles. The van der Waals surface area contributed by atoms with Gasteiger partial charge >= 0.3 is 0 Å². The van der Waals surface area contributed by atoms with Crippen LogP contribution in [0, 0.1) is 11.2 Å². The second-order valence-electron chi connectivity index (χ2n) is 7.50. The van der Waals surface area contributed by atoms with Crippen LogP contribution < -0.4 is 21.3 Å². The maximum atomic E-state index is 14.8. The lowest BCUT2D eigenvalue weighted by Gasteiger charge is -2.29. The Hall–Kier alpha value is -4.31. The van der Waals surface area contributed by atoms with Crippen molar-refractivity contribution in [1.82, 2.24) is 9.97 Å². The number of hydrogen-bond donors (Lipinski definition) is 4. The summed E-state index contributed by atoms with van der Waals surface area (Å²) in [7, 11) is 0. The molecule has 1 aliphatic rings. The highest BCUT2D eigenvalue weighted by Crippen LogP contribution is 2.31. The van der Waals surface area contributed by atoms with E-state index in [4.69, 9.17) is 15.9 Å². The first-order valence-electron chi connectivity index (χ1n) is 10.6. The highest BCUT2D eigenvalue weighted by atomic mass is 19.1. The summed E-state index contributed by atoms with van der Waals surface area (Å²) in [6, 6.07) is 11.8. The first-order valence-corrected chi connectivity index (χ1v) is 10.6. The van der Waals surface area contributed by atoms with Gasteiger partial charge in [0.25, 0.3) is 0 Å². The monoisotopic (exact) mass is 467 g/mol. The smallest absolute Gasteiger partial charge is 0.247 e. The van der Waals surface area contributed by atoms with Crippen molar-refractivity contribution < 1.29 is 18.2 Å². The van der Waals surface area contributed by atoms with E-state index in [-0.39, 0.29) is 32.9 Å². The first-order chi connectivity index (χ1) is 16.5. The Labute approximate surface area is 200 Å². The van der Waals surface area contributed by atoms with E-state index in [1.807, 2.05) is 24.3 Å². The van der Waals surface area contributed by atoms with Crippen LogP contribution in [0.25, 0.3) is 11.3 Å². The zero-order chi connectivity index (χ0) is 24.1. The van der Waals surface area contributed by atoms with Crippen LogP contribution in [0.2, 0.25) is 0 Å². The number of morpholine rings is 1. The maximum absolute atomic E-state index is 14.8. The molecular formula is C24H30FN7O2. The normalized spacial score (nSPS) is 13.3. The molecule has 1 amide bonds. The van der Waals surface area contributed by atoms with Crippen molar-refractivity contribution >= 4 is 41.0 Å². The molecule has 1 aliphatic heterocycles. The maximum Gasteiger partial charge on any atom is 0.247 e. The van der Waals surface area contributed by atoms with E-state index in [1.165, 1.54) is 18.2 Å². The number of nitrogens with two attached hydrogens (primary N) is 1. The number of carbonyl (C=O) groups is 1. The number of hydrogen-bond acceptors (Lipinski definition) is 8. The summed E-state index contributed by atoms with van der Waals surface area (Å²) < 4.78 is 20.2. The SMILES string of the molecule is C=CC(=O)Nc1ccc(F)c(-c2nc(Nc3cccc(N4CCOCC4)c3)nc(N)c2C=N)c1.[HH].[HH].[HH]. The zero-order valence-corrected chi connectivity index (χ0v) is 18.3. The largest absolute Gasteiger partial charge is 0.383 e. The Morgan fingerprint density at radius 1 is 1.21 bits per heavy atom. The molecule has 0 radical (unpaired) electrons. The molecule has 2 heterocycles. The van der Waals surface area contributed by atoms with Gasteiger partial charge in [-0.15, -0.1) is 0 Å². The summed E-state index contributed by atoms with van der Waals surface area (Å²) in [5.41, 5.74) is 8.55. The molecule has 180 valence electrons. The van der Waals surface area contributed by atoms with Crippen LogP contribution in [0.15, 0.2) is 55.1 Å². The van der Waals surface area contributed by atoms with Crippen molar-refractivity contribution in [2.45, 2.75) is 0 Å². The van der Waals surface area contributed by atoms with Gasteiger partial charge in [-0.25, -0.2) is 9.37 Å². The molecule has 34 heavy (non-hydrogen) atoms. The van der Waals surface area contributed by atoms with E-state index in [1.54, 1.807) is 0 Å². The molecule has 0 spiro atoms. The molecule has 3 aromatic rings. The lowest BCUT2D eigenvalue weighted by Crippen LogP contribution is -2.36. The Bertz CT molecular complexity index is 1260. The number of nitrogens with zero attached hydrogens (tertiary/aromatic N) is 3. The third-order valence-electron chi connectivity index (χ3n) is 5.27.